The molecule has 0 aliphatic heterocycles. The van der Waals surface area contributed by atoms with Gasteiger partial charge in [-0.25, -0.2) is 0 Å². The Morgan fingerprint density at radius 1 is 1.50 bits per heavy atom. The van der Waals surface area contributed by atoms with Crippen molar-refractivity contribution in [3.05, 3.63) is 12.2 Å². The number of rotatable bonds is 5. The zero-order valence-electron chi connectivity index (χ0n) is 11.0. The van der Waals surface area contributed by atoms with E-state index in [1.165, 1.54) is 0 Å². The van der Waals surface area contributed by atoms with Crippen LogP contribution in [0.25, 0.3) is 0 Å². The lowest BCUT2D eigenvalue weighted by Gasteiger charge is -2.41. The van der Waals surface area contributed by atoms with Gasteiger partial charge in [0.25, 0.3) is 0 Å². The van der Waals surface area contributed by atoms with E-state index in [-0.39, 0.29) is 11.7 Å². The van der Waals surface area contributed by atoms with Crippen LogP contribution in [0.5, 0.6) is 0 Å². The molecule has 2 nitrogen and oxygen atoms in total. The van der Waals surface area contributed by atoms with Crippen LogP contribution in [0.3, 0.4) is 0 Å². The second-order valence-electron chi connectivity index (χ2n) is 5.46. The summed E-state index contributed by atoms with van der Waals surface area (Å²) in [7, 11) is 1.74. The first-order valence-corrected chi connectivity index (χ1v) is 6.38. The molecule has 1 saturated carbocycles. The molecule has 2 heteroatoms. The van der Waals surface area contributed by atoms with Crippen LogP contribution in [0.4, 0.5) is 0 Å². The van der Waals surface area contributed by atoms with Gasteiger partial charge in [0, 0.05) is 7.11 Å². The molecule has 0 bridgehead atoms. The number of methoxy groups -OCH3 is 1. The highest BCUT2D eigenvalue weighted by Gasteiger charge is 2.40. The Morgan fingerprint density at radius 2 is 2.06 bits per heavy atom. The molecule has 1 N–H and O–H groups in total. The van der Waals surface area contributed by atoms with Crippen molar-refractivity contribution in [2.45, 2.75) is 64.1 Å². The van der Waals surface area contributed by atoms with Gasteiger partial charge >= 0.3 is 0 Å². The molecule has 0 aromatic carbocycles. The van der Waals surface area contributed by atoms with E-state index >= 15 is 0 Å². The Kier molecular flexibility index (Phi) is 5.00. The van der Waals surface area contributed by atoms with Crippen LogP contribution in [0.1, 0.15) is 52.4 Å². The Hall–Kier alpha value is -0.340. The fourth-order valence-electron chi connectivity index (χ4n) is 2.57. The van der Waals surface area contributed by atoms with Gasteiger partial charge < -0.3 is 9.84 Å². The van der Waals surface area contributed by atoms with E-state index in [9.17, 15) is 5.11 Å². The molecule has 1 aliphatic carbocycles. The minimum absolute atomic E-state index is 0.290. The largest absolute Gasteiger partial charge is 0.390 e. The van der Waals surface area contributed by atoms with E-state index in [0.717, 1.165) is 50.0 Å². The Bertz CT molecular complexity index is 227. The van der Waals surface area contributed by atoms with Crippen LogP contribution in [0.2, 0.25) is 0 Å². The molecule has 1 unspecified atom stereocenters. The highest BCUT2D eigenvalue weighted by molar-refractivity contribution is 4.96. The third-order valence-corrected chi connectivity index (χ3v) is 3.98. The van der Waals surface area contributed by atoms with Crippen LogP contribution in [0.15, 0.2) is 12.2 Å². The summed E-state index contributed by atoms with van der Waals surface area (Å²) in [5, 5.41) is 10.3. The van der Waals surface area contributed by atoms with E-state index < -0.39 is 0 Å². The van der Waals surface area contributed by atoms with Crippen molar-refractivity contribution in [3.8, 4) is 0 Å². The maximum atomic E-state index is 10.3. The normalized spacial score (nSPS) is 32.4. The average molecular weight is 226 g/mol. The summed E-state index contributed by atoms with van der Waals surface area (Å²) in [6.07, 6.45) is 5.63. The Labute approximate surface area is 99.7 Å². The lowest BCUT2D eigenvalue weighted by atomic mass is 9.75. The molecular weight excluding hydrogens is 200 g/mol. The van der Waals surface area contributed by atoms with Crippen molar-refractivity contribution in [1.29, 1.82) is 0 Å². The number of aliphatic hydroxyl groups is 1. The van der Waals surface area contributed by atoms with Gasteiger partial charge in [-0.1, -0.05) is 12.5 Å². The first-order valence-electron chi connectivity index (χ1n) is 6.38. The number of hydrogen-bond acceptors (Lipinski definition) is 2. The van der Waals surface area contributed by atoms with Crippen molar-refractivity contribution in [2.24, 2.45) is 5.92 Å². The quantitative estimate of drug-likeness (QED) is 0.729. The van der Waals surface area contributed by atoms with E-state index in [4.69, 9.17) is 4.74 Å². The molecule has 1 atom stereocenters. The van der Waals surface area contributed by atoms with Crippen LogP contribution in [-0.4, -0.2) is 23.9 Å². The highest BCUT2D eigenvalue weighted by Crippen LogP contribution is 2.38. The van der Waals surface area contributed by atoms with Crippen molar-refractivity contribution < 1.29 is 9.84 Å². The molecule has 0 aromatic rings. The van der Waals surface area contributed by atoms with E-state index in [1.54, 1.807) is 7.11 Å². The van der Waals surface area contributed by atoms with Crippen molar-refractivity contribution >= 4 is 0 Å². The third-order valence-electron chi connectivity index (χ3n) is 3.98. The van der Waals surface area contributed by atoms with E-state index in [2.05, 4.69) is 13.5 Å². The zero-order chi connectivity index (χ0) is 12.2. The molecule has 0 aromatic heterocycles. The monoisotopic (exact) mass is 226 g/mol. The summed E-state index contributed by atoms with van der Waals surface area (Å²) < 4.78 is 5.64. The molecule has 0 spiro atoms. The lowest BCUT2D eigenvalue weighted by Crippen LogP contribution is -2.46. The maximum Gasteiger partial charge on any atom is 0.0936 e. The first kappa shape index (κ1) is 13.7. The van der Waals surface area contributed by atoms with E-state index in [1.807, 2.05) is 6.92 Å². The lowest BCUT2D eigenvalue weighted by molar-refractivity contribution is -0.129. The summed E-state index contributed by atoms with van der Waals surface area (Å²) in [4.78, 5) is 0. The van der Waals surface area contributed by atoms with Crippen LogP contribution in [0, 0.1) is 5.92 Å². The van der Waals surface area contributed by atoms with Gasteiger partial charge in [0.1, 0.15) is 0 Å². The van der Waals surface area contributed by atoms with Gasteiger partial charge in [-0.3, -0.25) is 0 Å². The first-order chi connectivity index (χ1) is 7.50. The van der Waals surface area contributed by atoms with Crippen LogP contribution >= 0.6 is 0 Å². The Morgan fingerprint density at radius 3 is 2.50 bits per heavy atom. The van der Waals surface area contributed by atoms with Gasteiger partial charge in [0.2, 0.25) is 0 Å². The molecule has 0 radical (unpaired) electrons. The van der Waals surface area contributed by atoms with Gasteiger partial charge in [-0.2, -0.15) is 0 Å². The summed E-state index contributed by atoms with van der Waals surface area (Å²) in [5.74, 6) is 0.775. The molecule has 1 fully saturated rings. The summed E-state index contributed by atoms with van der Waals surface area (Å²) in [6, 6.07) is 0. The molecule has 16 heavy (non-hydrogen) atoms. The standard InChI is InChI=1S/C14H26O2/c1-11(2)5-6-13(15)14(16-4)9-7-12(3)8-10-14/h12-13,15H,1,5-10H2,2-4H3. The average Bonchev–Trinajstić information content (AvgIpc) is 2.27. The summed E-state index contributed by atoms with van der Waals surface area (Å²) in [5.41, 5.74) is 0.844. The predicted octanol–water partition coefficient (Wildman–Crippen LogP) is 3.30. The Balaban J connectivity index is 2.54. The van der Waals surface area contributed by atoms with Gasteiger partial charge in [-0.15, -0.1) is 6.58 Å². The van der Waals surface area contributed by atoms with Crippen molar-refractivity contribution in [1.82, 2.24) is 0 Å². The van der Waals surface area contributed by atoms with Crippen molar-refractivity contribution in [3.63, 3.8) is 0 Å². The predicted molar refractivity (Wildman–Crippen MR) is 67.4 cm³/mol. The third kappa shape index (κ3) is 3.33. The highest BCUT2D eigenvalue weighted by atomic mass is 16.5. The van der Waals surface area contributed by atoms with E-state index in [0.29, 0.717) is 0 Å². The molecule has 94 valence electrons. The number of allylic oxidation sites excluding steroid dienone is 1. The molecule has 0 heterocycles. The minimum atomic E-state index is -0.346. The molecule has 0 saturated heterocycles. The zero-order valence-corrected chi connectivity index (χ0v) is 11.0. The SMILES string of the molecule is C=C(C)CCC(O)C1(OC)CCC(C)CC1. The molecule has 0 amide bonds. The van der Waals surface area contributed by atoms with Gasteiger partial charge in [0.15, 0.2) is 0 Å². The number of aliphatic hydroxyl groups excluding tert-OH is 1. The topological polar surface area (TPSA) is 29.5 Å². The van der Waals surface area contributed by atoms with Gasteiger partial charge in [0.05, 0.1) is 11.7 Å². The summed E-state index contributed by atoms with van der Waals surface area (Å²) in [6.45, 7) is 8.17. The minimum Gasteiger partial charge on any atom is -0.390 e. The van der Waals surface area contributed by atoms with Crippen LogP contribution < -0.4 is 0 Å². The maximum absolute atomic E-state index is 10.3. The second kappa shape index (κ2) is 5.83. The summed E-state index contributed by atoms with van der Waals surface area (Å²) >= 11 is 0. The number of hydrogen-bond donors (Lipinski definition) is 1. The van der Waals surface area contributed by atoms with Gasteiger partial charge in [-0.05, 0) is 51.4 Å². The van der Waals surface area contributed by atoms with Crippen LogP contribution in [-0.2, 0) is 4.74 Å². The smallest absolute Gasteiger partial charge is 0.0936 e. The second-order valence-corrected chi connectivity index (χ2v) is 5.46. The molecule has 1 rings (SSSR count). The molecular formula is C14H26O2. The fourth-order valence-corrected chi connectivity index (χ4v) is 2.57. The van der Waals surface area contributed by atoms with Crippen molar-refractivity contribution in [2.75, 3.05) is 7.11 Å². The fraction of sp³-hybridized carbons (Fsp3) is 0.857. The number of ether oxygens (including phenoxy) is 1. The molecule has 1 aliphatic rings.